The summed E-state index contributed by atoms with van der Waals surface area (Å²) >= 11 is 5.60. The molecule has 4 heteroatoms. The topological polar surface area (TPSA) is 22.1 Å². The van der Waals surface area contributed by atoms with E-state index in [0.29, 0.717) is 11.4 Å². The molecule has 0 N–H and O–H groups in total. The average Bonchev–Trinajstić information content (AvgIpc) is 2.07. The van der Waals surface area contributed by atoms with Crippen molar-refractivity contribution in [2.75, 3.05) is 0 Å². The molecule has 1 aromatic heterocycles. The molecule has 1 rings (SSSR count). The van der Waals surface area contributed by atoms with Crippen LogP contribution in [-0.4, -0.2) is 11.1 Å². The van der Waals surface area contributed by atoms with Crippen molar-refractivity contribution in [3.8, 4) is 5.88 Å². The fraction of sp³-hybridized carbons (Fsp3) is 0.444. The lowest BCUT2D eigenvalue weighted by Gasteiger charge is -2.11. The van der Waals surface area contributed by atoms with Crippen LogP contribution in [0, 0.1) is 5.82 Å². The third-order valence-electron chi connectivity index (χ3n) is 1.38. The molecule has 0 radical (unpaired) electrons. The summed E-state index contributed by atoms with van der Waals surface area (Å²) in [6, 6.07) is 1.33. The van der Waals surface area contributed by atoms with E-state index in [0.717, 1.165) is 6.20 Å². The van der Waals surface area contributed by atoms with Gasteiger partial charge in [-0.2, -0.15) is 0 Å². The molecule has 0 aromatic carbocycles. The molecule has 72 valence electrons. The fourth-order valence-corrected chi connectivity index (χ4v) is 1.09. The number of aromatic nitrogens is 1. The van der Waals surface area contributed by atoms with Crippen LogP contribution in [-0.2, 0) is 5.88 Å². The molecule has 0 unspecified atom stereocenters. The van der Waals surface area contributed by atoms with Gasteiger partial charge in [-0.25, -0.2) is 9.37 Å². The third-order valence-corrected chi connectivity index (χ3v) is 1.67. The standard InChI is InChI=1S/C9H11ClFNO/c1-6(2)13-9-7(4-10)3-8(11)5-12-9/h3,5-6H,4H2,1-2H3. The molecule has 0 aliphatic rings. The Morgan fingerprint density at radius 1 is 1.62 bits per heavy atom. The van der Waals surface area contributed by atoms with Crippen LogP contribution in [0.2, 0.25) is 0 Å². The predicted octanol–water partition coefficient (Wildman–Crippen LogP) is 2.75. The molecule has 0 aliphatic carbocycles. The van der Waals surface area contributed by atoms with E-state index in [1.54, 1.807) is 0 Å². The van der Waals surface area contributed by atoms with E-state index in [1.165, 1.54) is 6.07 Å². The Labute approximate surface area is 81.7 Å². The van der Waals surface area contributed by atoms with Crippen molar-refractivity contribution in [1.82, 2.24) is 4.98 Å². The SMILES string of the molecule is CC(C)Oc1ncc(F)cc1CCl. The molecule has 0 saturated carbocycles. The van der Waals surface area contributed by atoms with Crippen LogP contribution in [0.5, 0.6) is 5.88 Å². The number of alkyl halides is 1. The maximum absolute atomic E-state index is 12.7. The van der Waals surface area contributed by atoms with Gasteiger partial charge < -0.3 is 4.74 Å². The maximum atomic E-state index is 12.7. The van der Waals surface area contributed by atoms with Crippen molar-refractivity contribution in [3.63, 3.8) is 0 Å². The summed E-state index contributed by atoms with van der Waals surface area (Å²) in [6.45, 7) is 3.76. The van der Waals surface area contributed by atoms with Crippen LogP contribution < -0.4 is 4.74 Å². The van der Waals surface area contributed by atoms with E-state index in [4.69, 9.17) is 16.3 Å². The first kappa shape index (κ1) is 10.3. The number of nitrogens with zero attached hydrogens (tertiary/aromatic N) is 1. The van der Waals surface area contributed by atoms with Crippen LogP contribution in [0.25, 0.3) is 0 Å². The summed E-state index contributed by atoms with van der Waals surface area (Å²) in [5.74, 6) is 0.213. The average molecular weight is 204 g/mol. The zero-order chi connectivity index (χ0) is 9.84. The molecule has 1 aromatic rings. The molecule has 1 heterocycles. The summed E-state index contributed by atoms with van der Waals surface area (Å²) in [5.41, 5.74) is 0.579. The quantitative estimate of drug-likeness (QED) is 0.705. The molecule has 0 bridgehead atoms. The molecule has 2 nitrogen and oxygen atoms in total. The van der Waals surface area contributed by atoms with Gasteiger partial charge in [0.1, 0.15) is 5.82 Å². The molecule has 13 heavy (non-hydrogen) atoms. The molecule has 0 amide bonds. The van der Waals surface area contributed by atoms with Gasteiger partial charge in [0.2, 0.25) is 5.88 Å². The lowest BCUT2D eigenvalue weighted by atomic mass is 10.3. The van der Waals surface area contributed by atoms with Crippen molar-refractivity contribution in [2.24, 2.45) is 0 Å². The van der Waals surface area contributed by atoms with Crippen molar-refractivity contribution in [2.45, 2.75) is 25.8 Å². The van der Waals surface area contributed by atoms with Gasteiger partial charge in [0.15, 0.2) is 0 Å². The predicted molar refractivity (Wildman–Crippen MR) is 49.5 cm³/mol. The first-order chi connectivity index (χ1) is 6.13. The van der Waals surface area contributed by atoms with E-state index in [1.807, 2.05) is 13.8 Å². The van der Waals surface area contributed by atoms with Crippen molar-refractivity contribution >= 4 is 11.6 Å². The summed E-state index contributed by atoms with van der Waals surface area (Å²) in [6.07, 6.45) is 1.13. The summed E-state index contributed by atoms with van der Waals surface area (Å²) in [4.78, 5) is 3.81. The molecular weight excluding hydrogens is 193 g/mol. The van der Waals surface area contributed by atoms with E-state index >= 15 is 0 Å². The van der Waals surface area contributed by atoms with E-state index in [2.05, 4.69) is 4.98 Å². The number of pyridine rings is 1. The smallest absolute Gasteiger partial charge is 0.218 e. The molecule has 0 spiro atoms. The van der Waals surface area contributed by atoms with Crippen LogP contribution in [0.3, 0.4) is 0 Å². The Balaban J connectivity index is 2.92. The number of hydrogen-bond acceptors (Lipinski definition) is 2. The summed E-state index contributed by atoms with van der Waals surface area (Å²) in [7, 11) is 0. The first-order valence-corrected chi connectivity index (χ1v) is 4.54. The minimum atomic E-state index is -0.397. The van der Waals surface area contributed by atoms with Gasteiger partial charge >= 0.3 is 0 Å². The van der Waals surface area contributed by atoms with Gasteiger partial charge in [-0.3, -0.25) is 0 Å². The second-order valence-electron chi connectivity index (χ2n) is 2.92. The van der Waals surface area contributed by atoms with Crippen LogP contribution in [0.15, 0.2) is 12.3 Å². The van der Waals surface area contributed by atoms with Crippen LogP contribution in [0.1, 0.15) is 19.4 Å². The minimum absolute atomic E-state index is 0.0138. The van der Waals surface area contributed by atoms with Crippen LogP contribution in [0.4, 0.5) is 4.39 Å². The molecule has 0 fully saturated rings. The van der Waals surface area contributed by atoms with Crippen molar-refractivity contribution in [3.05, 3.63) is 23.6 Å². The summed E-state index contributed by atoms with van der Waals surface area (Å²) < 4.78 is 18.0. The maximum Gasteiger partial charge on any atom is 0.218 e. The molecule has 0 atom stereocenters. The Morgan fingerprint density at radius 2 is 2.31 bits per heavy atom. The highest BCUT2D eigenvalue weighted by molar-refractivity contribution is 6.17. The third kappa shape index (κ3) is 2.84. The molecular formula is C9H11ClFNO. The minimum Gasteiger partial charge on any atom is -0.475 e. The largest absolute Gasteiger partial charge is 0.475 e. The van der Waals surface area contributed by atoms with Gasteiger partial charge in [0.25, 0.3) is 0 Å². The van der Waals surface area contributed by atoms with E-state index in [-0.39, 0.29) is 12.0 Å². The Morgan fingerprint density at radius 3 is 2.85 bits per heavy atom. The fourth-order valence-electron chi connectivity index (χ4n) is 0.894. The monoisotopic (exact) mass is 203 g/mol. The lowest BCUT2D eigenvalue weighted by molar-refractivity contribution is 0.230. The van der Waals surface area contributed by atoms with Crippen molar-refractivity contribution < 1.29 is 9.13 Å². The number of rotatable bonds is 3. The van der Waals surface area contributed by atoms with Crippen molar-refractivity contribution in [1.29, 1.82) is 0 Å². The molecule has 0 aliphatic heterocycles. The Hall–Kier alpha value is -0.830. The van der Waals surface area contributed by atoms with E-state index in [9.17, 15) is 4.39 Å². The summed E-state index contributed by atoms with van der Waals surface area (Å²) in [5, 5.41) is 0. The zero-order valence-electron chi connectivity index (χ0n) is 7.55. The molecule has 0 saturated heterocycles. The second-order valence-corrected chi connectivity index (χ2v) is 3.19. The Kier molecular flexibility index (Phi) is 3.48. The van der Waals surface area contributed by atoms with Gasteiger partial charge in [-0.15, -0.1) is 11.6 Å². The zero-order valence-corrected chi connectivity index (χ0v) is 8.31. The second kappa shape index (κ2) is 4.42. The van der Waals surface area contributed by atoms with Gasteiger partial charge in [0.05, 0.1) is 18.2 Å². The van der Waals surface area contributed by atoms with Gasteiger partial charge in [-0.05, 0) is 19.9 Å². The van der Waals surface area contributed by atoms with E-state index < -0.39 is 5.82 Å². The Bertz CT molecular complexity index is 291. The van der Waals surface area contributed by atoms with Crippen LogP contribution >= 0.6 is 11.6 Å². The highest BCUT2D eigenvalue weighted by Gasteiger charge is 2.07. The first-order valence-electron chi connectivity index (χ1n) is 4.00. The number of hydrogen-bond donors (Lipinski definition) is 0. The van der Waals surface area contributed by atoms with Gasteiger partial charge in [-0.1, -0.05) is 0 Å². The number of ether oxygens (including phenoxy) is 1. The number of halogens is 2. The highest BCUT2D eigenvalue weighted by Crippen LogP contribution is 2.19. The lowest BCUT2D eigenvalue weighted by Crippen LogP contribution is -2.08. The van der Waals surface area contributed by atoms with Gasteiger partial charge in [0, 0.05) is 5.56 Å². The highest BCUT2D eigenvalue weighted by atomic mass is 35.5. The normalized spacial score (nSPS) is 10.5.